The largest absolute Gasteiger partial charge is 0.484 e. The molecule has 0 aromatic heterocycles. The van der Waals surface area contributed by atoms with E-state index < -0.39 is 0 Å². The zero-order chi connectivity index (χ0) is 16.1. The summed E-state index contributed by atoms with van der Waals surface area (Å²) in [7, 11) is 0. The van der Waals surface area contributed by atoms with Crippen molar-refractivity contribution in [2.75, 3.05) is 6.61 Å². The van der Waals surface area contributed by atoms with Crippen LogP contribution >= 0.6 is 11.6 Å². The van der Waals surface area contributed by atoms with Crippen LogP contribution in [0.15, 0.2) is 17.2 Å². The van der Waals surface area contributed by atoms with Crippen LogP contribution in [0, 0.1) is 19.8 Å². The zero-order valence-corrected chi connectivity index (χ0v) is 14.2. The number of hydrogen-bond acceptors (Lipinski definition) is 3. The standard InChI is InChI=1S/C17H23ClN2O2/c1-4-13-6-5-7-15(13)19-20-16(21)10-22-14-8-11(2)17(18)12(3)9-14/h8-9,13H,4-7,10H2,1-3H3,(H,20,21). The van der Waals surface area contributed by atoms with E-state index in [9.17, 15) is 4.79 Å². The summed E-state index contributed by atoms with van der Waals surface area (Å²) in [5.74, 6) is 0.928. The molecule has 0 bridgehead atoms. The van der Waals surface area contributed by atoms with Gasteiger partial charge in [0.15, 0.2) is 6.61 Å². The van der Waals surface area contributed by atoms with Gasteiger partial charge in [0.2, 0.25) is 0 Å². The van der Waals surface area contributed by atoms with Gasteiger partial charge in [-0.2, -0.15) is 5.10 Å². The Morgan fingerprint density at radius 3 is 2.73 bits per heavy atom. The molecular weight excluding hydrogens is 300 g/mol. The second-order valence-electron chi connectivity index (χ2n) is 5.80. The molecule has 1 fully saturated rings. The highest BCUT2D eigenvalue weighted by atomic mass is 35.5. The number of nitrogens with one attached hydrogen (secondary N) is 1. The molecule has 1 amide bonds. The van der Waals surface area contributed by atoms with Crippen LogP contribution in [-0.4, -0.2) is 18.2 Å². The van der Waals surface area contributed by atoms with E-state index in [2.05, 4.69) is 17.5 Å². The molecule has 1 unspecified atom stereocenters. The van der Waals surface area contributed by atoms with Crippen molar-refractivity contribution in [2.45, 2.75) is 46.5 Å². The summed E-state index contributed by atoms with van der Waals surface area (Å²) < 4.78 is 5.51. The van der Waals surface area contributed by atoms with Crippen LogP contribution in [0.5, 0.6) is 5.75 Å². The molecule has 1 aromatic rings. The van der Waals surface area contributed by atoms with Crippen LogP contribution in [0.4, 0.5) is 0 Å². The van der Waals surface area contributed by atoms with Crippen LogP contribution in [0.3, 0.4) is 0 Å². The number of rotatable bonds is 5. The minimum atomic E-state index is -0.237. The first kappa shape index (κ1) is 16.8. The van der Waals surface area contributed by atoms with Gasteiger partial charge in [0.05, 0.1) is 0 Å². The Morgan fingerprint density at radius 2 is 2.09 bits per heavy atom. The van der Waals surface area contributed by atoms with Crippen molar-refractivity contribution >= 4 is 23.2 Å². The molecule has 0 heterocycles. The van der Waals surface area contributed by atoms with Crippen molar-refractivity contribution in [1.82, 2.24) is 5.43 Å². The highest BCUT2D eigenvalue weighted by Crippen LogP contribution is 2.26. The summed E-state index contributed by atoms with van der Waals surface area (Å²) in [5, 5.41) is 4.98. The number of hydrazone groups is 1. The van der Waals surface area contributed by atoms with Gasteiger partial charge in [-0.05, 0) is 68.7 Å². The minimum absolute atomic E-state index is 0.0475. The summed E-state index contributed by atoms with van der Waals surface area (Å²) in [5.41, 5.74) is 5.58. The summed E-state index contributed by atoms with van der Waals surface area (Å²) in [6.07, 6.45) is 4.39. The maximum atomic E-state index is 11.8. The fourth-order valence-corrected chi connectivity index (χ4v) is 2.90. The maximum absolute atomic E-state index is 11.8. The Balaban J connectivity index is 1.87. The lowest BCUT2D eigenvalue weighted by atomic mass is 10.0. The van der Waals surface area contributed by atoms with Crippen molar-refractivity contribution in [1.29, 1.82) is 0 Å². The SMILES string of the molecule is CCC1CCCC1=NNC(=O)COc1cc(C)c(Cl)c(C)c1. The number of aryl methyl sites for hydroxylation is 2. The van der Waals surface area contributed by atoms with Gasteiger partial charge in [0, 0.05) is 10.7 Å². The predicted molar refractivity (Wildman–Crippen MR) is 89.6 cm³/mol. The summed E-state index contributed by atoms with van der Waals surface area (Å²) >= 11 is 6.11. The van der Waals surface area contributed by atoms with Gasteiger partial charge in [-0.25, -0.2) is 5.43 Å². The van der Waals surface area contributed by atoms with Crippen molar-refractivity contribution in [2.24, 2.45) is 11.0 Å². The molecule has 1 saturated carbocycles. The topological polar surface area (TPSA) is 50.7 Å². The molecule has 5 heteroatoms. The van der Waals surface area contributed by atoms with E-state index in [1.165, 1.54) is 6.42 Å². The quantitative estimate of drug-likeness (QED) is 0.832. The number of amides is 1. The van der Waals surface area contributed by atoms with Gasteiger partial charge in [-0.3, -0.25) is 4.79 Å². The van der Waals surface area contributed by atoms with Gasteiger partial charge in [-0.15, -0.1) is 0 Å². The van der Waals surface area contributed by atoms with E-state index in [0.717, 1.165) is 41.1 Å². The molecule has 1 aliphatic carbocycles. The number of halogens is 1. The maximum Gasteiger partial charge on any atom is 0.277 e. The molecule has 0 aliphatic heterocycles. The number of carbonyl (C=O) groups is 1. The first-order valence-electron chi connectivity index (χ1n) is 7.76. The number of ether oxygens (including phenoxy) is 1. The average Bonchev–Trinajstić information content (AvgIpc) is 2.95. The van der Waals surface area contributed by atoms with Crippen molar-refractivity contribution in [3.63, 3.8) is 0 Å². The Kier molecular flexibility index (Phi) is 5.83. The Hall–Kier alpha value is -1.55. The van der Waals surface area contributed by atoms with Gasteiger partial charge in [0.1, 0.15) is 5.75 Å². The molecule has 1 aromatic carbocycles. The van der Waals surface area contributed by atoms with Gasteiger partial charge >= 0.3 is 0 Å². The molecule has 4 nitrogen and oxygen atoms in total. The molecule has 1 atom stereocenters. The van der Waals surface area contributed by atoms with E-state index in [1.807, 2.05) is 26.0 Å². The fraction of sp³-hybridized carbons (Fsp3) is 0.529. The third kappa shape index (κ3) is 4.23. The third-order valence-corrected chi connectivity index (χ3v) is 4.65. The first-order chi connectivity index (χ1) is 10.5. The number of benzene rings is 1. The van der Waals surface area contributed by atoms with Crippen molar-refractivity contribution in [3.05, 3.63) is 28.3 Å². The second kappa shape index (κ2) is 7.63. The summed E-state index contributed by atoms with van der Waals surface area (Å²) in [6, 6.07) is 3.66. The smallest absolute Gasteiger partial charge is 0.277 e. The van der Waals surface area contributed by atoms with Crippen LogP contribution < -0.4 is 10.2 Å². The molecule has 1 aliphatic rings. The van der Waals surface area contributed by atoms with Crippen molar-refractivity contribution in [3.8, 4) is 5.75 Å². The third-order valence-electron chi connectivity index (χ3n) is 4.05. The summed E-state index contributed by atoms with van der Waals surface area (Å²) in [6.45, 7) is 5.94. The number of nitrogens with zero attached hydrogens (tertiary/aromatic N) is 1. The zero-order valence-electron chi connectivity index (χ0n) is 13.4. The molecule has 0 saturated heterocycles. The highest BCUT2D eigenvalue weighted by molar-refractivity contribution is 6.32. The lowest BCUT2D eigenvalue weighted by molar-refractivity contribution is -0.123. The minimum Gasteiger partial charge on any atom is -0.484 e. The van der Waals surface area contributed by atoms with Crippen LogP contribution in [0.25, 0.3) is 0 Å². The Bertz CT molecular complexity index is 561. The van der Waals surface area contributed by atoms with Gasteiger partial charge < -0.3 is 4.74 Å². The number of carbonyl (C=O) groups excluding carboxylic acids is 1. The molecule has 120 valence electrons. The van der Waals surface area contributed by atoms with Crippen LogP contribution in [0.2, 0.25) is 5.02 Å². The van der Waals surface area contributed by atoms with E-state index in [-0.39, 0.29) is 12.5 Å². The Labute approximate surface area is 136 Å². The molecular formula is C17H23ClN2O2. The number of hydrogen-bond donors (Lipinski definition) is 1. The van der Waals surface area contributed by atoms with E-state index in [0.29, 0.717) is 11.7 Å². The predicted octanol–water partition coefficient (Wildman–Crippen LogP) is 4.02. The lowest BCUT2D eigenvalue weighted by Crippen LogP contribution is -2.26. The van der Waals surface area contributed by atoms with Gasteiger partial charge in [-0.1, -0.05) is 18.5 Å². The van der Waals surface area contributed by atoms with Gasteiger partial charge in [0.25, 0.3) is 5.91 Å². The monoisotopic (exact) mass is 322 g/mol. The highest BCUT2D eigenvalue weighted by Gasteiger charge is 2.20. The van der Waals surface area contributed by atoms with Crippen LogP contribution in [-0.2, 0) is 4.79 Å². The second-order valence-corrected chi connectivity index (χ2v) is 6.17. The fourth-order valence-electron chi connectivity index (χ4n) is 2.79. The molecule has 0 spiro atoms. The van der Waals surface area contributed by atoms with E-state index >= 15 is 0 Å². The molecule has 1 N–H and O–H groups in total. The van der Waals surface area contributed by atoms with Crippen LogP contribution in [0.1, 0.15) is 43.7 Å². The molecule has 0 radical (unpaired) electrons. The summed E-state index contributed by atoms with van der Waals surface area (Å²) in [4.78, 5) is 11.8. The van der Waals surface area contributed by atoms with E-state index in [4.69, 9.17) is 16.3 Å². The first-order valence-corrected chi connectivity index (χ1v) is 8.14. The average molecular weight is 323 g/mol. The van der Waals surface area contributed by atoms with Crippen molar-refractivity contribution < 1.29 is 9.53 Å². The molecule has 22 heavy (non-hydrogen) atoms. The van der Waals surface area contributed by atoms with E-state index in [1.54, 1.807) is 0 Å². The molecule has 2 rings (SSSR count). The normalized spacial score (nSPS) is 19.5. The lowest BCUT2D eigenvalue weighted by Gasteiger charge is -2.10. The Morgan fingerprint density at radius 1 is 1.41 bits per heavy atom.